The van der Waals surface area contributed by atoms with Crippen molar-refractivity contribution in [1.82, 2.24) is 10.3 Å². The molecular weight excluding hydrogens is 340 g/mol. The number of nitrogens with one attached hydrogen (secondary N) is 1. The summed E-state index contributed by atoms with van der Waals surface area (Å²) < 4.78 is 0. The molecule has 0 saturated heterocycles. The van der Waals surface area contributed by atoms with Gasteiger partial charge in [0.25, 0.3) is 0 Å². The molecule has 1 aliphatic heterocycles. The van der Waals surface area contributed by atoms with E-state index < -0.39 is 0 Å². The first-order valence-electron chi connectivity index (χ1n) is 9.13. The van der Waals surface area contributed by atoms with Crippen LogP contribution in [0.3, 0.4) is 0 Å². The third kappa shape index (κ3) is 3.98. The monoisotopic (exact) mass is 364 g/mol. The zero-order chi connectivity index (χ0) is 17.1. The molecule has 0 saturated carbocycles. The van der Waals surface area contributed by atoms with Crippen molar-refractivity contribution >= 4 is 12.4 Å². The second-order valence-corrected chi connectivity index (χ2v) is 6.94. The summed E-state index contributed by atoms with van der Waals surface area (Å²) in [7, 11) is 0. The van der Waals surface area contributed by atoms with Crippen molar-refractivity contribution in [2.45, 2.75) is 25.7 Å². The van der Waals surface area contributed by atoms with Crippen molar-refractivity contribution in [2.75, 3.05) is 13.1 Å². The van der Waals surface area contributed by atoms with Crippen LogP contribution in [-0.4, -0.2) is 18.1 Å². The van der Waals surface area contributed by atoms with Crippen LogP contribution in [0.4, 0.5) is 0 Å². The van der Waals surface area contributed by atoms with Gasteiger partial charge in [0, 0.05) is 18.3 Å². The average molecular weight is 365 g/mol. The van der Waals surface area contributed by atoms with E-state index in [0.717, 1.165) is 31.6 Å². The number of hydrogen-bond acceptors (Lipinski definition) is 2. The highest BCUT2D eigenvalue weighted by molar-refractivity contribution is 5.85. The lowest BCUT2D eigenvalue weighted by Crippen LogP contribution is -2.18. The first-order valence-corrected chi connectivity index (χ1v) is 9.13. The molecule has 2 heterocycles. The van der Waals surface area contributed by atoms with Gasteiger partial charge in [-0.15, -0.1) is 12.4 Å². The Morgan fingerprint density at radius 3 is 2.73 bits per heavy atom. The second-order valence-electron chi connectivity index (χ2n) is 6.94. The molecule has 134 valence electrons. The van der Waals surface area contributed by atoms with Gasteiger partial charge in [0.1, 0.15) is 0 Å². The summed E-state index contributed by atoms with van der Waals surface area (Å²) in [4.78, 5) is 4.73. The number of nitrogens with zero attached hydrogens (tertiary/aromatic N) is 1. The van der Waals surface area contributed by atoms with E-state index in [4.69, 9.17) is 4.98 Å². The lowest BCUT2D eigenvalue weighted by molar-refractivity contribution is 0.644. The highest BCUT2D eigenvalue weighted by Gasteiger charge is 2.16. The molecule has 3 heteroatoms. The van der Waals surface area contributed by atoms with Crippen LogP contribution in [0.5, 0.6) is 0 Å². The van der Waals surface area contributed by atoms with Gasteiger partial charge in [0.15, 0.2) is 0 Å². The number of halogens is 1. The van der Waals surface area contributed by atoms with Crippen molar-refractivity contribution in [3.05, 3.63) is 89.1 Å². The van der Waals surface area contributed by atoms with Gasteiger partial charge in [0.05, 0.1) is 5.69 Å². The van der Waals surface area contributed by atoms with Crippen LogP contribution < -0.4 is 5.32 Å². The van der Waals surface area contributed by atoms with Gasteiger partial charge in [-0.1, -0.05) is 55.5 Å². The van der Waals surface area contributed by atoms with Gasteiger partial charge in [-0.3, -0.25) is 4.98 Å². The second kappa shape index (κ2) is 8.48. The fraction of sp³-hybridized carbons (Fsp3) is 0.261. The lowest BCUT2D eigenvalue weighted by atomic mass is 9.91. The van der Waals surface area contributed by atoms with E-state index >= 15 is 0 Å². The van der Waals surface area contributed by atoms with E-state index in [1.807, 2.05) is 12.3 Å². The van der Waals surface area contributed by atoms with E-state index in [9.17, 15) is 0 Å². The molecule has 2 aromatic carbocycles. The molecule has 1 aliphatic rings. The Morgan fingerprint density at radius 1 is 1.04 bits per heavy atom. The first kappa shape index (κ1) is 18.6. The van der Waals surface area contributed by atoms with E-state index in [0.29, 0.717) is 5.92 Å². The Hall–Kier alpha value is -2.16. The average Bonchev–Trinajstić information content (AvgIpc) is 2.84. The maximum atomic E-state index is 4.73. The largest absolute Gasteiger partial charge is 0.316 e. The van der Waals surface area contributed by atoms with Crippen molar-refractivity contribution < 1.29 is 0 Å². The third-order valence-corrected chi connectivity index (χ3v) is 5.10. The van der Waals surface area contributed by atoms with Gasteiger partial charge in [0.2, 0.25) is 0 Å². The van der Waals surface area contributed by atoms with Gasteiger partial charge in [-0.05, 0) is 59.7 Å². The van der Waals surface area contributed by atoms with E-state index in [1.54, 1.807) is 0 Å². The molecule has 1 unspecified atom stereocenters. The number of hydrogen-bond donors (Lipinski definition) is 1. The zero-order valence-corrected chi connectivity index (χ0v) is 15.9. The number of benzene rings is 2. The number of pyridine rings is 1. The highest BCUT2D eigenvalue weighted by atomic mass is 35.5. The first-order chi connectivity index (χ1) is 12.3. The number of rotatable bonds is 3. The molecule has 26 heavy (non-hydrogen) atoms. The SMILES string of the molecule is CC1CNCCc2ccc(-c3ncccc3Cc3ccccc3)cc21.Cl. The van der Waals surface area contributed by atoms with Gasteiger partial charge < -0.3 is 5.32 Å². The Morgan fingerprint density at radius 2 is 1.88 bits per heavy atom. The van der Waals surface area contributed by atoms with Gasteiger partial charge >= 0.3 is 0 Å². The summed E-state index contributed by atoms with van der Waals surface area (Å²) >= 11 is 0. The van der Waals surface area contributed by atoms with Gasteiger partial charge in [-0.25, -0.2) is 0 Å². The molecule has 0 fully saturated rings. The van der Waals surface area contributed by atoms with Crippen molar-refractivity contribution in [1.29, 1.82) is 0 Å². The topological polar surface area (TPSA) is 24.9 Å². The smallest absolute Gasteiger partial charge is 0.0737 e. The minimum atomic E-state index is 0. The molecule has 1 aromatic heterocycles. The Balaban J connectivity index is 0.00000196. The normalized spacial score (nSPS) is 16.3. The molecular formula is C23H25ClN2. The predicted octanol–water partition coefficient (Wildman–Crippen LogP) is 5.01. The van der Waals surface area contributed by atoms with Crippen LogP contribution in [0.2, 0.25) is 0 Å². The fourth-order valence-electron chi connectivity index (χ4n) is 3.74. The molecule has 0 spiro atoms. The highest BCUT2D eigenvalue weighted by Crippen LogP contribution is 2.30. The summed E-state index contributed by atoms with van der Waals surface area (Å²) in [6.07, 6.45) is 3.93. The minimum Gasteiger partial charge on any atom is -0.316 e. The van der Waals surface area contributed by atoms with E-state index in [2.05, 4.69) is 66.8 Å². The van der Waals surface area contributed by atoms with E-state index in [-0.39, 0.29) is 12.4 Å². The van der Waals surface area contributed by atoms with Crippen LogP contribution in [0.25, 0.3) is 11.3 Å². The summed E-state index contributed by atoms with van der Waals surface area (Å²) in [5.74, 6) is 0.540. The Labute approximate surface area is 162 Å². The van der Waals surface area contributed by atoms with Crippen LogP contribution in [0.1, 0.15) is 35.1 Å². The number of fused-ring (bicyclic) bond motifs is 1. The van der Waals surface area contributed by atoms with Crippen molar-refractivity contribution in [3.8, 4) is 11.3 Å². The van der Waals surface area contributed by atoms with Crippen LogP contribution in [0.15, 0.2) is 66.9 Å². The zero-order valence-electron chi connectivity index (χ0n) is 15.1. The van der Waals surface area contributed by atoms with Crippen molar-refractivity contribution in [3.63, 3.8) is 0 Å². The summed E-state index contributed by atoms with van der Waals surface area (Å²) in [5.41, 5.74) is 7.90. The van der Waals surface area contributed by atoms with Gasteiger partial charge in [-0.2, -0.15) is 0 Å². The minimum absolute atomic E-state index is 0. The predicted molar refractivity (Wildman–Crippen MR) is 111 cm³/mol. The van der Waals surface area contributed by atoms with E-state index in [1.165, 1.54) is 27.8 Å². The quantitative estimate of drug-likeness (QED) is 0.706. The number of aromatic nitrogens is 1. The standard InChI is InChI=1S/C23H24N2.ClH/c1-17-16-24-13-11-19-9-10-21(15-22(17)19)23-20(8-5-12-25-23)14-18-6-3-2-4-7-18;/h2-10,12,15,17,24H,11,13-14,16H2,1H3;1H. The summed E-state index contributed by atoms with van der Waals surface area (Å²) in [6.45, 7) is 4.43. The molecule has 1 N–H and O–H groups in total. The molecule has 0 bridgehead atoms. The molecule has 0 amide bonds. The Kier molecular flexibility index (Phi) is 6.08. The van der Waals surface area contributed by atoms with Crippen LogP contribution >= 0.6 is 12.4 Å². The Bertz CT molecular complexity index is 861. The van der Waals surface area contributed by atoms with Crippen LogP contribution in [-0.2, 0) is 12.8 Å². The third-order valence-electron chi connectivity index (χ3n) is 5.10. The molecule has 2 nitrogen and oxygen atoms in total. The fourth-order valence-corrected chi connectivity index (χ4v) is 3.74. The molecule has 0 radical (unpaired) electrons. The maximum absolute atomic E-state index is 4.73. The summed E-state index contributed by atoms with van der Waals surface area (Å²) in [5, 5.41) is 3.53. The maximum Gasteiger partial charge on any atom is 0.0737 e. The molecule has 0 aliphatic carbocycles. The molecule has 3 aromatic rings. The lowest BCUT2D eigenvalue weighted by Gasteiger charge is -2.15. The summed E-state index contributed by atoms with van der Waals surface area (Å²) in [6, 6.07) is 21.8. The molecule has 1 atom stereocenters. The van der Waals surface area contributed by atoms with Crippen molar-refractivity contribution in [2.24, 2.45) is 0 Å². The van der Waals surface area contributed by atoms with Crippen LogP contribution in [0, 0.1) is 0 Å². The molecule has 4 rings (SSSR count).